The third kappa shape index (κ3) is 1.18. The van der Waals surface area contributed by atoms with Crippen LogP contribution in [0, 0.1) is 0 Å². The van der Waals surface area contributed by atoms with E-state index in [0.29, 0.717) is 0 Å². The molecular formula is C7H12O4. The van der Waals surface area contributed by atoms with Gasteiger partial charge in [0.2, 0.25) is 0 Å². The second-order valence-corrected chi connectivity index (χ2v) is 2.61. The van der Waals surface area contributed by atoms with Gasteiger partial charge in [0.15, 0.2) is 0 Å². The van der Waals surface area contributed by atoms with E-state index in [1.54, 1.807) is 0 Å². The molecule has 0 aromatic rings. The highest BCUT2D eigenvalue weighted by atomic mass is 16.5. The number of hydrogen-bond donors (Lipinski definition) is 3. The summed E-state index contributed by atoms with van der Waals surface area (Å²) in [6.45, 7) is 3.08. The lowest BCUT2D eigenvalue weighted by atomic mass is 9.94. The minimum atomic E-state index is -1.49. The molecule has 0 unspecified atom stereocenters. The van der Waals surface area contributed by atoms with Crippen molar-refractivity contribution in [1.82, 2.24) is 0 Å². The van der Waals surface area contributed by atoms with Gasteiger partial charge in [-0.05, 0) is 0 Å². The zero-order valence-electron chi connectivity index (χ0n) is 6.10. The van der Waals surface area contributed by atoms with Crippen LogP contribution >= 0.6 is 0 Å². The van der Waals surface area contributed by atoms with E-state index >= 15 is 0 Å². The molecule has 0 radical (unpaired) electrons. The van der Waals surface area contributed by atoms with Crippen LogP contribution in [0.1, 0.15) is 0 Å². The highest BCUT2D eigenvalue weighted by Crippen LogP contribution is 2.26. The standard InChI is InChI=1S/C7H12O4/c1-2-7(10)5(9)4-11-6(7)3-8/h2,5-6,8-10H,1,3-4H2/t5-,6-,7-/m1/s1. The van der Waals surface area contributed by atoms with Crippen molar-refractivity contribution in [2.75, 3.05) is 13.2 Å². The van der Waals surface area contributed by atoms with E-state index in [4.69, 9.17) is 9.84 Å². The number of ether oxygens (including phenoxy) is 1. The van der Waals surface area contributed by atoms with E-state index < -0.39 is 17.8 Å². The second-order valence-electron chi connectivity index (χ2n) is 2.61. The maximum atomic E-state index is 9.58. The van der Waals surface area contributed by atoms with Crippen molar-refractivity contribution in [3.05, 3.63) is 12.7 Å². The lowest BCUT2D eigenvalue weighted by molar-refractivity contribution is -0.0580. The van der Waals surface area contributed by atoms with Gasteiger partial charge in [0.25, 0.3) is 0 Å². The van der Waals surface area contributed by atoms with Gasteiger partial charge in [-0.2, -0.15) is 0 Å². The van der Waals surface area contributed by atoms with E-state index in [1.807, 2.05) is 0 Å². The Kier molecular flexibility index (Phi) is 2.29. The van der Waals surface area contributed by atoms with E-state index in [-0.39, 0.29) is 13.2 Å². The van der Waals surface area contributed by atoms with Crippen LogP contribution in [0.2, 0.25) is 0 Å². The number of rotatable bonds is 2. The minimum Gasteiger partial charge on any atom is -0.394 e. The molecule has 1 heterocycles. The molecule has 1 aliphatic rings. The predicted octanol–water partition coefficient (Wildman–Crippen LogP) is -1.34. The third-order valence-corrected chi connectivity index (χ3v) is 2.00. The van der Waals surface area contributed by atoms with Gasteiger partial charge < -0.3 is 20.1 Å². The summed E-state index contributed by atoms with van der Waals surface area (Å²) < 4.78 is 4.90. The van der Waals surface area contributed by atoms with Crippen LogP contribution in [0.25, 0.3) is 0 Å². The van der Waals surface area contributed by atoms with Gasteiger partial charge in [-0.3, -0.25) is 0 Å². The van der Waals surface area contributed by atoms with Gasteiger partial charge in [0.05, 0.1) is 13.2 Å². The van der Waals surface area contributed by atoms with E-state index in [0.717, 1.165) is 0 Å². The van der Waals surface area contributed by atoms with Gasteiger partial charge in [-0.15, -0.1) is 6.58 Å². The largest absolute Gasteiger partial charge is 0.394 e. The molecule has 3 atom stereocenters. The SMILES string of the molecule is C=C[C@@]1(O)[C@H](O)CO[C@@H]1CO. The first-order valence-corrected chi connectivity index (χ1v) is 3.41. The molecule has 0 spiro atoms. The Morgan fingerprint density at radius 3 is 2.73 bits per heavy atom. The summed E-state index contributed by atoms with van der Waals surface area (Å²) in [7, 11) is 0. The van der Waals surface area contributed by atoms with Crippen LogP contribution in [0.3, 0.4) is 0 Å². The molecule has 0 aliphatic carbocycles. The first kappa shape index (κ1) is 8.67. The Bertz CT molecular complexity index is 159. The highest BCUT2D eigenvalue weighted by Gasteiger charge is 2.47. The quantitative estimate of drug-likeness (QED) is 0.437. The Balaban J connectivity index is 2.78. The Labute approximate surface area is 64.7 Å². The van der Waals surface area contributed by atoms with Crippen molar-refractivity contribution in [3.63, 3.8) is 0 Å². The van der Waals surface area contributed by atoms with Gasteiger partial charge >= 0.3 is 0 Å². The van der Waals surface area contributed by atoms with Gasteiger partial charge in [0, 0.05) is 0 Å². The molecule has 1 aliphatic heterocycles. The summed E-state index contributed by atoms with van der Waals surface area (Å²) in [6.07, 6.45) is -0.543. The molecule has 0 aromatic heterocycles. The van der Waals surface area contributed by atoms with Crippen molar-refractivity contribution in [1.29, 1.82) is 0 Å². The molecule has 1 rings (SSSR count). The van der Waals surface area contributed by atoms with Crippen molar-refractivity contribution < 1.29 is 20.1 Å². The highest BCUT2D eigenvalue weighted by molar-refractivity contribution is 5.09. The molecule has 1 fully saturated rings. The Hall–Kier alpha value is -0.420. The van der Waals surface area contributed by atoms with Crippen molar-refractivity contribution in [2.24, 2.45) is 0 Å². The monoisotopic (exact) mass is 160 g/mol. The fourth-order valence-corrected chi connectivity index (χ4v) is 1.16. The Morgan fingerprint density at radius 1 is 1.73 bits per heavy atom. The Morgan fingerprint density at radius 2 is 2.36 bits per heavy atom. The lowest BCUT2D eigenvalue weighted by Crippen LogP contribution is -2.46. The third-order valence-electron chi connectivity index (χ3n) is 2.00. The average molecular weight is 160 g/mol. The molecule has 3 N–H and O–H groups in total. The molecule has 0 aromatic carbocycles. The first-order valence-electron chi connectivity index (χ1n) is 3.41. The van der Waals surface area contributed by atoms with Crippen LogP contribution in [-0.2, 0) is 4.74 Å². The maximum absolute atomic E-state index is 9.58. The zero-order chi connectivity index (χ0) is 8.48. The molecular weight excluding hydrogens is 148 g/mol. The number of aliphatic hydroxyl groups excluding tert-OH is 2. The predicted molar refractivity (Wildman–Crippen MR) is 38.0 cm³/mol. The number of hydrogen-bond acceptors (Lipinski definition) is 4. The number of aliphatic hydroxyl groups is 3. The smallest absolute Gasteiger partial charge is 0.139 e. The fraction of sp³-hybridized carbons (Fsp3) is 0.714. The van der Waals surface area contributed by atoms with Crippen molar-refractivity contribution in [2.45, 2.75) is 17.8 Å². The van der Waals surface area contributed by atoms with E-state index in [9.17, 15) is 10.2 Å². The average Bonchev–Trinajstić information content (AvgIpc) is 2.30. The molecule has 1 saturated heterocycles. The topological polar surface area (TPSA) is 69.9 Å². The van der Waals surface area contributed by atoms with Crippen molar-refractivity contribution in [3.8, 4) is 0 Å². The van der Waals surface area contributed by atoms with Gasteiger partial charge in [0.1, 0.15) is 17.8 Å². The molecule has 4 heteroatoms. The van der Waals surface area contributed by atoms with Crippen LogP contribution in [0.15, 0.2) is 12.7 Å². The minimum absolute atomic E-state index is 0.0355. The first-order chi connectivity index (χ1) is 5.15. The molecule has 0 amide bonds. The molecule has 4 nitrogen and oxygen atoms in total. The summed E-state index contributed by atoms with van der Waals surface area (Å²) in [4.78, 5) is 0. The summed E-state index contributed by atoms with van der Waals surface area (Å²) in [5.41, 5.74) is -1.49. The van der Waals surface area contributed by atoms with Gasteiger partial charge in [-0.1, -0.05) is 6.08 Å². The van der Waals surface area contributed by atoms with Gasteiger partial charge in [-0.25, -0.2) is 0 Å². The maximum Gasteiger partial charge on any atom is 0.139 e. The molecule has 0 saturated carbocycles. The molecule has 11 heavy (non-hydrogen) atoms. The van der Waals surface area contributed by atoms with Crippen LogP contribution in [-0.4, -0.2) is 46.3 Å². The second kappa shape index (κ2) is 2.91. The fourth-order valence-electron chi connectivity index (χ4n) is 1.16. The normalized spacial score (nSPS) is 44.3. The molecule has 64 valence electrons. The van der Waals surface area contributed by atoms with Crippen LogP contribution < -0.4 is 0 Å². The van der Waals surface area contributed by atoms with E-state index in [2.05, 4.69) is 6.58 Å². The summed E-state index contributed by atoms with van der Waals surface area (Å²) >= 11 is 0. The lowest BCUT2D eigenvalue weighted by Gasteiger charge is -2.25. The van der Waals surface area contributed by atoms with Crippen molar-refractivity contribution >= 4 is 0 Å². The van der Waals surface area contributed by atoms with E-state index in [1.165, 1.54) is 6.08 Å². The van der Waals surface area contributed by atoms with Crippen LogP contribution in [0.5, 0.6) is 0 Å². The zero-order valence-corrected chi connectivity index (χ0v) is 6.10. The molecule has 0 bridgehead atoms. The summed E-state index contributed by atoms with van der Waals surface area (Å²) in [5, 5.41) is 27.5. The van der Waals surface area contributed by atoms with Crippen LogP contribution in [0.4, 0.5) is 0 Å². The summed E-state index contributed by atoms with van der Waals surface area (Å²) in [5.74, 6) is 0. The summed E-state index contributed by atoms with van der Waals surface area (Å²) in [6, 6.07) is 0.